The summed E-state index contributed by atoms with van der Waals surface area (Å²) >= 11 is 0. The van der Waals surface area contributed by atoms with Crippen molar-refractivity contribution in [3.8, 4) is 0 Å². The highest BCUT2D eigenvalue weighted by Crippen LogP contribution is 2.32. The minimum absolute atomic E-state index is 0.392. The monoisotopic (exact) mass is 183 g/mol. The Morgan fingerprint density at radius 1 is 1.31 bits per heavy atom. The Bertz CT molecular complexity index is 165. The van der Waals surface area contributed by atoms with E-state index < -0.39 is 0 Å². The molecule has 1 heterocycles. The van der Waals surface area contributed by atoms with Gasteiger partial charge in [-0.15, -0.1) is 0 Å². The van der Waals surface area contributed by atoms with Gasteiger partial charge < -0.3 is 4.74 Å². The lowest BCUT2D eigenvalue weighted by Crippen LogP contribution is -2.57. The van der Waals surface area contributed by atoms with E-state index in [4.69, 9.17) is 4.74 Å². The van der Waals surface area contributed by atoms with E-state index in [0.717, 1.165) is 18.7 Å². The van der Waals surface area contributed by atoms with Crippen LogP contribution in [0.25, 0.3) is 0 Å². The van der Waals surface area contributed by atoms with Crippen LogP contribution in [0.3, 0.4) is 0 Å². The molecule has 76 valence electrons. The van der Waals surface area contributed by atoms with Gasteiger partial charge in [-0.2, -0.15) is 0 Å². The van der Waals surface area contributed by atoms with Crippen molar-refractivity contribution in [3.63, 3.8) is 0 Å². The van der Waals surface area contributed by atoms with Crippen molar-refractivity contribution in [2.75, 3.05) is 13.2 Å². The fraction of sp³-hybridized carbons (Fsp3) is 1.00. The first-order valence-electron chi connectivity index (χ1n) is 5.64. The lowest BCUT2D eigenvalue weighted by atomic mass is 9.86. The molecule has 0 aromatic carbocycles. The molecule has 0 bridgehead atoms. The highest BCUT2D eigenvalue weighted by atomic mass is 16.5. The molecule has 13 heavy (non-hydrogen) atoms. The molecule has 1 saturated carbocycles. The first-order chi connectivity index (χ1) is 6.27. The van der Waals surface area contributed by atoms with Crippen LogP contribution in [0.4, 0.5) is 0 Å². The van der Waals surface area contributed by atoms with E-state index in [2.05, 4.69) is 18.7 Å². The normalized spacial score (nSPS) is 30.2. The second kappa shape index (κ2) is 3.97. The van der Waals surface area contributed by atoms with Crippen LogP contribution >= 0.6 is 0 Å². The summed E-state index contributed by atoms with van der Waals surface area (Å²) in [6.45, 7) is 6.50. The van der Waals surface area contributed by atoms with Crippen LogP contribution in [-0.2, 0) is 4.74 Å². The molecule has 0 N–H and O–H groups in total. The van der Waals surface area contributed by atoms with Gasteiger partial charge in [-0.1, -0.05) is 6.42 Å². The summed E-state index contributed by atoms with van der Waals surface area (Å²) in [5, 5.41) is 0. The van der Waals surface area contributed by atoms with E-state index in [-0.39, 0.29) is 0 Å². The third-order valence-electron chi connectivity index (χ3n) is 3.36. The standard InChI is InChI=1S/C11H21NO/c1-9(2)13-8-11-6-7-12(11)10-4-3-5-10/h9-11H,3-8H2,1-2H3/t11-/m1/s1. The third kappa shape index (κ3) is 2.05. The van der Waals surface area contributed by atoms with Crippen molar-refractivity contribution < 1.29 is 4.74 Å². The smallest absolute Gasteiger partial charge is 0.0625 e. The Labute approximate surface area is 81.3 Å². The maximum Gasteiger partial charge on any atom is 0.0625 e. The molecule has 2 rings (SSSR count). The first kappa shape index (κ1) is 9.47. The van der Waals surface area contributed by atoms with E-state index in [1.54, 1.807) is 0 Å². The molecule has 1 saturated heterocycles. The van der Waals surface area contributed by atoms with Crippen molar-refractivity contribution in [3.05, 3.63) is 0 Å². The maximum absolute atomic E-state index is 5.65. The molecule has 0 amide bonds. The van der Waals surface area contributed by atoms with Crippen molar-refractivity contribution in [1.29, 1.82) is 0 Å². The fourth-order valence-corrected chi connectivity index (χ4v) is 2.14. The van der Waals surface area contributed by atoms with Crippen LogP contribution in [0, 0.1) is 0 Å². The molecule has 0 radical (unpaired) electrons. The molecule has 2 heteroatoms. The van der Waals surface area contributed by atoms with Crippen LogP contribution < -0.4 is 0 Å². The molecular weight excluding hydrogens is 162 g/mol. The van der Waals surface area contributed by atoms with Gasteiger partial charge in [-0.3, -0.25) is 4.90 Å². The second-order valence-corrected chi connectivity index (χ2v) is 4.65. The zero-order valence-corrected chi connectivity index (χ0v) is 8.83. The zero-order valence-electron chi connectivity index (χ0n) is 8.83. The summed E-state index contributed by atoms with van der Waals surface area (Å²) < 4.78 is 5.65. The van der Waals surface area contributed by atoms with E-state index in [9.17, 15) is 0 Å². The molecule has 0 unspecified atom stereocenters. The van der Waals surface area contributed by atoms with E-state index in [0.29, 0.717) is 6.10 Å². The lowest BCUT2D eigenvalue weighted by Gasteiger charge is -2.49. The number of hydrogen-bond acceptors (Lipinski definition) is 2. The fourth-order valence-electron chi connectivity index (χ4n) is 2.14. The van der Waals surface area contributed by atoms with Gasteiger partial charge in [0.1, 0.15) is 0 Å². The van der Waals surface area contributed by atoms with E-state index >= 15 is 0 Å². The molecule has 0 spiro atoms. The third-order valence-corrected chi connectivity index (χ3v) is 3.36. The summed E-state index contributed by atoms with van der Waals surface area (Å²) in [7, 11) is 0. The van der Waals surface area contributed by atoms with Crippen LogP contribution in [-0.4, -0.2) is 36.2 Å². The number of likely N-dealkylation sites (tertiary alicyclic amines) is 1. The first-order valence-corrected chi connectivity index (χ1v) is 5.64. The minimum Gasteiger partial charge on any atom is -0.377 e. The van der Waals surface area contributed by atoms with Gasteiger partial charge in [0.05, 0.1) is 12.7 Å². The molecule has 1 aliphatic carbocycles. The van der Waals surface area contributed by atoms with E-state index in [1.165, 1.54) is 32.2 Å². The summed E-state index contributed by atoms with van der Waals surface area (Å²) in [5.74, 6) is 0. The van der Waals surface area contributed by atoms with Crippen LogP contribution in [0.2, 0.25) is 0 Å². The Kier molecular flexibility index (Phi) is 2.89. The quantitative estimate of drug-likeness (QED) is 0.661. The largest absolute Gasteiger partial charge is 0.377 e. The van der Waals surface area contributed by atoms with Crippen LogP contribution in [0.15, 0.2) is 0 Å². The average Bonchev–Trinajstić information content (AvgIpc) is 1.93. The van der Waals surface area contributed by atoms with Gasteiger partial charge in [-0.25, -0.2) is 0 Å². The molecular formula is C11H21NO. The molecule has 0 aromatic heterocycles. The van der Waals surface area contributed by atoms with Gasteiger partial charge in [0, 0.05) is 18.6 Å². The predicted octanol–water partition coefficient (Wildman–Crippen LogP) is 2.04. The summed E-state index contributed by atoms with van der Waals surface area (Å²) in [6.07, 6.45) is 6.04. The van der Waals surface area contributed by atoms with Crippen LogP contribution in [0.1, 0.15) is 39.5 Å². The maximum atomic E-state index is 5.65. The van der Waals surface area contributed by atoms with Gasteiger partial charge in [0.2, 0.25) is 0 Å². The van der Waals surface area contributed by atoms with Crippen molar-refractivity contribution >= 4 is 0 Å². The Morgan fingerprint density at radius 2 is 2.08 bits per heavy atom. The Hall–Kier alpha value is -0.0800. The molecule has 1 aliphatic heterocycles. The van der Waals surface area contributed by atoms with Gasteiger partial charge >= 0.3 is 0 Å². The predicted molar refractivity (Wildman–Crippen MR) is 53.8 cm³/mol. The number of ether oxygens (including phenoxy) is 1. The molecule has 1 atom stereocenters. The summed E-state index contributed by atoms with van der Waals surface area (Å²) in [4.78, 5) is 2.64. The summed E-state index contributed by atoms with van der Waals surface area (Å²) in [6, 6.07) is 1.65. The number of rotatable bonds is 4. The van der Waals surface area contributed by atoms with E-state index in [1.807, 2.05) is 0 Å². The zero-order chi connectivity index (χ0) is 9.26. The van der Waals surface area contributed by atoms with Crippen molar-refractivity contribution in [1.82, 2.24) is 4.90 Å². The molecule has 2 nitrogen and oxygen atoms in total. The Balaban J connectivity index is 1.68. The number of nitrogens with zero attached hydrogens (tertiary/aromatic N) is 1. The number of hydrogen-bond donors (Lipinski definition) is 0. The molecule has 0 aromatic rings. The van der Waals surface area contributed by atoms with Crippen molar-refractivity contribution in [2.24, 2.45) is 0 Å². The highest BCUT2D eigenvalue weighted by molar-refractivity contribution is 4.91. The Morgan fingerprint density at radius 3 is 2.46 bits per heavy atom. The highest BCUT2D eigenvalue weighted by Gasteiger charge is 2.36. The topological polar surface area (TPSA) is 12.5 Å². The van der Waals surface area contributed by atoms with Crippen LogP contribution in [0.5, 0.6) is 0 Å². The SMILES string of the molecule is CC(C)OC[C@H]1CCN1C1CCC1. The van der Waals surface area contributed by atoms with Gasteiger partial charge in [0.15, 0.2) is 0 Å². The van der Waals surface area contributed by atoms with Crippen molar-refractivity contribution in [2.45, 2.75) is 57.7 Å². The average molecular weight is 183 g/mol. The lowest BCUT2D eigenvalue weighted by molar-refractivity contribution is -0.0547. The minimum atomic E-state index is 0.392. The molecule has 2 aliphatic rings. The van der Waals surface area contributed by atoms with Gasteiger partial charge in [-0.05, 0) is 33.1 Å². The second-order valence-electron chi connectivity index (χ2n) is 4.65. The van der Waals surface area contributed by atoms with Gasteiger partial charge in [0.25, 0.3) is 0 Å². The molecule has 2 fully saturated rings. The summed E-state index contributed by atoms with van der Waals surface area (Å²) in [5.41, 5.74) is 0.